The van der Waals surface area contributed by atoms with Crippen molar-refractivity contribution in [3.63, 3.8) is 0 Å². The SMILES string of the molecule is CCOc1ccc(-n2c(Cc3ccccc3)nnc2SCc2cc(=O)n3c(n2)sc2ccccc23)cc1. The van der Waals surface area contributed by atoms with Crippen molar-refractivity contribution in [2.75, 3.05) is 6.61 Å². The summed E-state index contributed by atoms with van der Waals surface area (Å²) in [4.78, 5) is 18.4. The van der Waals surface area contributed by atoms with Crippen molar-refractivity contribution in [3.8, 4) is 11.4 Å². The third-order valence-corrected chi connectivity index (χ3v) is 7.89. The highest BCUT2D eigenvalue weighted by Crippen LogP contribution is 2.28. The van der Waals surface area contributed by atoms with E-state index in [4.69, 9.17) is 9.72 Å². The van der Waals surface area contributed by atoms with Crippen molar-refractivity contribution in [1.29, 1.82) is 0 Å². The zero-order valence-corrected chi connectivity index (χ0v) is 21.7. The van der Waals surface area contributed by atoms with Crippen LogP contribution in [0.1, 0.15) is 24.0 Å². The van der Waals surface area contributed by atoms with Crippen LogP contribution in [0.5, 0.6) is 5.75 Å². The summed E-state index contributed by atoms with van der Waals surface area (Å²) in [6, 6.07) is 27.6. The van der Waals surface area contributed by atoms with E-state index in [2.05, 4.69) is 26.9 Å². The second-order valence-corrected chi connectivity index (χ2v) is 10.3. The first-order chi connectivity index (χ1) is 18.2. The van der Waals surface area contributed by atoms with Gasteiger partial charge in [0.1, 0.15) is 11.6 Å². The summed E-state index contributed by atoms with van der Waals surface area (Å²) in [7, 11) is 0. The lowest BCUT2D eigenvalue weighted by atomic mass is 10.1. The average molecular weight is 526 g/mol. The Balaban J connectivity index is 1.33. The van der Waals surface area contributed by atoms with E-state index in [0.29, 0.717) is 29.4 Å². The van der Waals surface area contributed by atoms with Crippen LogP contribution in [0.4, 0.5) is 0 Å². The van der Waals surface area contributed by atoms with E-state index in [1.165, 1.54) is 23.1 Å². The van der Waals surface area contributed by atoms with Crippen LogP contribution in [0, 0.1) is 0 Å². The number of nitrogens with zero attached hydrogens (tertiary/aromatic N) is 5. The zero-order valence-electron chi connectivity index (χ0n) is 20.1. The second kappa shape index (κ2) is 10.2. The predicted molar refractivity (Wildman–Crippen MR) is 148 cm³/mol. The molecular weight excluding hydrogens is 502 g/mol. The van der Waals surface area contributed by atoms with Gasteiger partial charge in [0.2, 0.25) is 0 Å². The fourth-order valence-electron chi connectivity index (χ4n) is 4.24. The molecule has 184 valence electrons. The summed E-state index contributed by atoms with van der Waals surface area (Å²) in [6.07, 6.45) is 0.648. The van der Waals surface area contributed by atoms with Gasteiger partial charge in [-0.2, -0.15) is 0 Å². The summed E-state index contributed by atoms with van der Waals surface area (Å²) in [5.41, 5.74) is 3.64. The summed E-state index contributed by atoms with van der Waals surface area (Å²) < 4.78 is 10.4. The minimum Gasteiger partial charge on any atom is -0.494 e. The first-order valence-electron chi connectivity index (χ1n) is 11.9. The normalized spacial score (nSPS) is 11.4. The van der Waals surface area contributed by atoms with Crippen LogP contribution >= 0.6 is 23.1 Å². The zero-order chi connectivity index (χ0) is 25.2. The average Bonchev–Trinajstić information content (AvgIpc) is 3.50. The van der Waals surface area contributed by atoms with Gasteiger partial charge in [-0.3, -0.25) is 13.8 Å². The molecule has 6 aromatic rings. The second-order valence-electron chi connectivity index (χ2n) is 8.39. The molecular formula is C28H23N5O2S2. The molecule has 0 N–H and O–H groups in total. The van der Waals surface area contributed by atoms with E-state index >= 15 is 0 Å². The number of thiazole rings is 1. The van der Waals surface area contributed by atoms with E-state index in [1.807, 2.05) is 73.7 Å². The monoisotopic (exact) mass is 525 g/mol. The molecule has 0 aliphatic carbocycles. The number of ether oxygens (including phenoxy) is 1. The topological polar surface area (TPSA) is 74.3 Å². The van der Waals surface area contributed by atoms with Gasteiger partial charge < -0.3 is 4.74 Å². The van der Waals surface area contributed by atoms with E-state index in [9.17, 15) is 4.79 Å². The lowest BCUT2D eigenvalue weighted by Gasteiger charge is -2.11. The summed E-state index contributed by atoms with van der Waals surface area (Å²) in [5.74, 6) is 2.16. The van der Waals surface area contributed by atoms with Gasteiger partial charge in [0, 0.05) is 23.9 Å². The van der Waals surface area contributed by atoms with E-state index < -0.39 is 0 Å². The molecule has 37 heavy (non-hydrogen) atoms. The number of thioether (sulfide) groups is 1. The van der Waals surface area contributed by atoms with E-state index in [-0.39, 0.29) is 5.56 Å². The Kier molecular flexibility index (Phi) is 6.46. The molecule has 0 unspecified atom stereocenters. The number of para-hydroxylation sites is 1. The Bertz CT molecular complexity index is 1740. The first kappa shape index (κ1) is 23.4. The third kappa shape index (κ3) is 4.75. The van der Waals surface area contributed by atoms with Gasteiger partial charge in [-0.1, -0.05) is 65.6 Å². The quantitative estimate of drug-likeness (QED) is 0.235. The number of benzene rings is 3. The maximum Gasteiger partial charge on any atom is 0.259 e. The Morgan fingerprint density at radius 1 is 0.946 bits per heavy atom. The molecule has 0 fully saturated rings. The number of aromatic nitrogens is 5. The van der Waals surface area contributed by atoms with Crippen LogP contribution in [0.2, 0.25) is 0 Å². The van der Waals surface area contributed by atoms with Crippen LogP contribution < -0.4 is 10.3 Å². The van der Waals surface area contributed by atoms with Crippen molar-refractivity contribution < 1.29 is 4.74 Å². The molecule has 0 saturated carbocycles. The van der Waals surface area contributed by atoms with Crippen LogP contribution in [-0.4, -0.2) is 30.8 Å². The summed E-state index contributed by atoms with van der Waals surface area (Å²) >= 11 is 3.04. The van der Waals surface area contributed by atoms with Gasteiger partial charge in [-0.05, 0) is 48.9 Å². The molecule has 0 aliphatic heterocycles. The lowest BCUT2D eigenvalue weighted by molar-refractivity contribution is 0.340. The van der Waals surface area contributed by atoms with Crippen molar-refractivity contribution in [2.45, 2.75) is 24.3 Å². The third-order valence-electron chi connectivity index (χ3n) is 5.91. The fraction of sp³-hybridized carbons (Fsp3) is 0.143. The Morgan fingerprint density at radius 2 is 1.73 bits per heavy atom. The Hall–Kier alpha value is -3.95. The van der Waals surface area contributed by atoms with Crippen LogP contribution in [0.15, 0.2) is 94.9 Å². The van der Waals surface area contributed by atoms with Gasteiger partial charge in [-0.25, -0.2) is 4.98 Å². The Morgan fingerprint density at radius 3 is 2.54 bits per heavy atom. The largest absolute Gasteiger partial charge is 0.494 e. The van der Waals surface area contributed by atoms with Crippen molar-refractivity contribution in [2.24, 2.45) is 0 Å². The molecule has 3 heterocycles. The van der Waals surface area contributed by atoms with Gasteiger partial charge in [-0.15, -0.1) is 10.2 Å². The molecule has 3 aromatic carbocycles. The van der Waals surface area contributed by atoms with Crippen molar-refractivity contribution in [3.05, 3.63) is 112 Å². The smallest absolute Gasteiger partial charge is 0.259 e. The Labute approximate surface area is 221 Å². The minimum absolute atomic E-state index is 0.0733. The molecule has 0 amide bonds. The molecule has 9 heteroatoms. The van der Waals surface area contributed by atoms with Crippen LogP contribution in [0.25, 0.3) is 20.9 Å². The molecule has 0 radical (unpaired) electrons. The van der Waals surface area contributed by atoms with Gasteiger partial charge >= 0.3 is 0 Å². The van der Waals surface area contributed by atoms with Gasteiger partial charge in [0.15, 0.2) is 10.1 Å². The van der Waals surface area contributed by atoms with E-state index in [1.54, 1.807) is 10.5 Å². The highest BCUT2D eigenvalue weighted by Gasteiger charge is 2.17. The lowest BCUT2D eigenvalue weighted by Crippen LogP contribution is -2.13. The number of hydrogen-bond donors (Lipinski definition) is 0. The highest BCUT2D eigenvalue weighted by atomic mass is 32.2. The molecule has 0 bridgehead atoms. The van der Waals surface area contributed by atoms with Crippen molar-refractivity contribution in [1.82, 2.24) is 24.1 Å². The molecule has 0 spiro atoms. The first-order valence-corrected chi connectivity index (χ1v) is 13.7. The molecule has 6 rings (SSSR count). The van der Waals surface area contributed by atoms with Crippen LogP contribution in [0.3, 0.4) is 0 Å². The highest BCUT2D eigenvalue weighted by molar-refractivity contribution is 7.98. The molecule has 0 atom stereocenters. The maximum absolute atomic E-state index is 12.9. The number of hydrogen-bond acceptors (Lipinski definition) is 7. The van der Waals surface area contributed by atoms with Gasteiger partial charge in [0.05, 0.1) is 22.5 Å². The van der Waals surface area contributed by atoms with Crippen LogP contribution in [-0.2, 0) is 12.2 Å². The molecule has 3 aromatic heterocycles. The number of fused-ring (bicyclic) bond motifs is 3. The maximum atomic E-state index is 12.9. The van der Waals surface area contributed by atoms with E-state index in [0.717, 1.165) is 38.2 Å². The molecule has 0 saturated heterocycles. The number of rotatable bonds is 8. The molecule has 0 aliphatic rings. The predicted octanol–water partition coefficient (Wildman–Crippen LogP) is 5.77. The fourth-order valence-corrected chi connectivity index (χ4v) is 6.15. The minimum atomic E-state index is -0.0733. The standard InChI is InChI=1S/C28H23N5O2S2/c1-2-35-22-14-12-21(13-15-22)32-25(16-19-8-4-3-5-9-19)30-31-28(32)36-18-20-17-26(34)33-23-10-6-7-11-24(23)37-27(33)29-20/h3-15,17H,2,16,18H2,1H3. The summed E-state index contributed by atoms with van der Waals surface area (Å²) in [6.45, 7) is 2.58. The van der Waals surface area contributed by atoms with Crippen molar-refractivity contribution >= 4 is 38.3 Å². The van der Waals surface area contributed by atoms with Gasteiger partial charge in [0.25, 0.3) is 5.56 Å². The summed E-state index contributed by atoms with van der Waals surface area (Å²) in [5, 5.41) is 9.79. The molecule has 7 nitrogen and oxygen atoms in total.